The fourth-order valence-corrected chi connectivity index (χ4v) is 1.63. The molecular weight excluding hydrogens is 218 g/mol. The highest BCUT2D eigenvalue weighted by atomic mass is 16.1. The summed E-state index contributed by atoms with van der Waals surface area (Å²) >= 11 is 0. The Morgan fingerprint density at radius 1 is 1.47 bits per heavy atom. The average molecular weight is 235 g/mol. The summed E-state index contributed by atoms with van der Waals surface area (Å²) in [5.74, 6) is 6.28. The summed E-state index contributed by atoms with van der Waals surface area (Å²) in [5, 5.41) is 2.82. The normalized spacial score (nSPS) is 14.4. The molecule has 0 aromatic carbocycles. The number of rotatable bonds is 6. The molecule has 1 saturated carbocycles. The van der Waals surface area contributed by atoms with Gasteiger partial charge in [-0.2, -0.15) is 0 Å². The van der Waals surface area contributed by atoms with E-state index in [0.717, 1.165) is 12.3 Å². The maximum Gasteiger partial charge on any atom is 0.271 e. The van der Waals surface area contributed by atoms with Crippen molar-refractivity contribution >= 4 is 11.7 Å². The van der Waals surface area contributed by atoms with Crippen LogP contribution in [0.4, 0.5) is 5.82 Å². The van der Waals surface area contributed by atoms with Crippen LogP contribution in [0, 0.1) is 5.92 Å². The Kier molecular flexibility index (Phi) is 3.87. The molecule has 0 saturated heterocycles. The van der Waals surface area contributed by atoms with Crippen LogP contribution in [0.15, 0.2) is 12.4 Å². The summed E-state index contributed by atoms with van der Waals surface area (Å²) in [6.07, 6.45) is 7.82. The van der Waals surface area contributed by atoms with E-state index in [4.69, 9.17) is 5.84 Å². The van der Waals surface area contributed by atoms with Crippen LogP contribution in [0.2, 0.25) is 0 Å². The van der Waals surface area contributed by atoms with Crippen molar-refractivity contribution < 1.29 is 4.79 Å². The lowest BCUT2D eigenvalue weighted by Crippen LogP contribution is -2.26. The molecule has 1 aromatic heterocycles. The molecule has 1 aliphatic rings. The highest BCUT2D eigenvalue weighted by Gasteiger charge is 2.20. The third-order valence-electron chi connectivity index (χ3n) is 2.79. The van der Waals surface area contributed by atoms with Gasteiger partial charge in [-0.15, -0.1) is 0 Å². The minimum atomic E-state index is -0.203. The minimum Gasteiger partial charge on any atom is -0.351 e. The summed E-state index contributed by atoms with van der Waals surface area (Å²) in [4.78, 5) is 19.6. The molecule has 0 spiro atoms. The first-order chi connectivity index (χ1) is 8.29. The van der Waals surface area contributed by atoms with Gasteiger partial charge in [0.15, 0.2) is 5.82 Å². The first-order valence-electron chi connectivity index (χ1n) is 5.86. The summed E-state index contributed by atoms with van der Waals surface area (Å²) < 4.78 is 0. The van der Waals surface area contributed by atoms with Crippen LogP contribution in [0.25, 0.3) is 0 Å². The second-order valence-electron chi connectivity index (χ2n) is 4.28. The van der Waals surface area contributed by atoms with Gasteiger partial charge in [0, 0.05) is 6.54 Å². The average Bonchev–Trinajstić information content (AvgIpc) is 3.18. The molecule has 1 amide bonds. The van der Waals surface area contributed by atoms with Crippen molar-refractivity contribution in [3.8, 4) is 0 Å². The fraction of sp³-hybridized carbons (Fsp3) is 0.545. The number of nitrogen functional groups attached to an aromatic ring is 1. The predicted octanol–water partition coefficient (Wildman–Crippen LogP) is 0.682. The SMILES string of the molecule is NNc1cncc(C(=O)NCCCC2CC2)n1. The van der Waals surface area contributed by atoms with Gasteiger partial charge in [-0.1, -0.05) is 12.8 Å². The number of amides is 1. The number of nitrogens with one attached hydrogen (secondary N) is 2. The summed E-state index contributed by atoms with van der Waals surface area (Å²) in [6.45, 7) is 0.692. The molecule has 2 rings (SSSR count). The van der Waals surface area contributed by atoms with Gasteiger partial charge in [-0.3, -0.25) is 9.78 Å². The molecule has 6 nitrogen and oxygen atoms in total. The maximum atomic E-state index is 11.7. The molecule has 1 aromatic rings. The number of carbonyl (C=O) groups excluding carboxylic acids is 1. The Balaban J connectivity index is 1.76. The Hall–Kier alpha value is -1.69. The van der Waals surface area contributed by atoms with Crippen molar-refractivity contribution in [3.63, 3.8) is 0 Å². The van der Waals surface area contributed by atoms with E-state index in [-0.39, 0.29) is 11.6 Å². The molecule has 0 unspecified atom stereocenters. The quantitative estimate of drug-likeness (QED) is 0.383. The molecule has 6 heteroatoms. The monoisotopic (exact) mass is 235 g/mol. The molecule has 17 heavy (non-hydrogen) atoms. The molecule has 0 atom stereocenters. The van der Waals surface area contributed by atoms with Crippen molar-refractivity contribution in [2.75, 3.05) is 12.0 Å². The lowest BCUT2D eigenvalue weighted by atomic mass is 10.2. The minimum absolute atomic E-state index is 0.203. The molecule has 1 heterocycles. The van der Waals surface area contributed by atoms with E-state index in [0.29, 0.717) is 12.4 Å². The van der Waals surface area contributed by atoms with Crippen molar-refractivity contribution in [1.29, 1.82) is 0 Å². The molecule has 1 fully saturated rings. The van der Waals surface area contributed by atoms with Crippen LogP contribution in [-0.4, -0.2) is 22.4 Å². The highest BCUT2D eigenvalue weighted by molar-refractivity contribution is 5.92. The van der Waals surface area contributed by atoms with Gasteiger partial charge in [-0.05, 0) is 18.8 Å². The van der Waals surface area contributed by atoms with Crippen LogP contribution in [0.5, 0.6) is 0 Å². The van der Waals surface area contributed by atoms with E-state index in [9.17, 15) is 4.79 Å². The van der Waals surface area contributed by atoms with Crippen LogP contribution in [0.3, 0.4) is 0 Å². The number of anilines is 1. The highest BCUT2D eigenvalue weighted by Crippen LogP contribution is 2.33. The molecule has 0 aliphatic heterocycles. The number of hydrogen-bond donors (Lipinski definition) is 3. The molecule has 0 radical (unpaired) electrons. The molecule has 1 aliphatic carbocycles. The first kappa shape index (κ1) is 11.8. The van der Waals surface area contributed by atoms with Crippen molar-refractivity contribution in [3.05, 3.63) is 18.1 Å². The standard InChI is InChI=1S/C11H17N5O/c12-16-10-7-13-6-9(15-10)11(17)14-5-1-2-8-3-4-8/h6-8H,1-5,12H2,(H,14,17)(H,15,16). The van der Waals surface area contributed by atoms with Crippen LogP contribution in [-0.2, 0) is 0 Å². The van der Waals surface area contributed by atoms with Gasteiger partial charge in [-0.25, -0.2) is 10.8 Å². The number of nitrogens with zero attached hydrogens (tertiary/aromatic N) is 2. The van der Waals surface area contributed by atoms with Crippen molar-refractivity contribution in [2.45, 2.75) is 25.7 Å². The molecule has 4 N–H and O–H groups in total. The third-order valence-corrected chi connectivity index (χ3v) is 2.79. The number of nitrogens with two attached hydrogens (primary N) is 1. The number of hydrogen-bond acceptors (Lipinski definition) is 5. The lowest BCUT2D eigenvalue weighted by molar-refractivity contribution is 0.0947. The zero-order valence-corrected chi connectivity index (χ0v) is 9.65. The zero-order valence-electron chi connectivity index (χ0n) is 9.65. The lowest BCUT2D eigenvalue weighted by Gasteiger charge is -2.05. The maximum absolute atomic E-state index is 11.7. The summed E-state index contributed by atoms with van der Waals surface area (Å²) in [7, 11) is 0. The molecule has 0 bridgehead atoms. The Bertz CT molecular complexity index is 391. The molecular formula is C11H17N5O. The van der Waals surface area contributed by atoms with Crippen LogP contribution < -0.4 is 16.6 Å². The third kappa shape index (κ3) is 3.67. The zero-order chi connectivity index (χ0) is 12.1. The second-order valence-corrected chi connectivity index (χ2v) is 4.28. The Morgan fingerprint density at radius 3 is 3.00 bits per heavy atom. The fourth-order valence-electron chi connectivity index (χ4n) is 1.63. The Morgan fingerprint density at radius 2 is 2.29 bits per heavy atom. The topological polar surface area (TPSA) is 92.9 Å². The van der Waals surface area contributed by atoms with Crippen molar-refractivity contribution in [2.24, 2.45) is 11.8 Å². The van der Waals surface area contributed by atoms with Gasteiger partial charge in [0.2, 0.25) is 0 Å². The van der Waals surface area contributed by atoms with E-state index in [1.807, 2.05) is 0 Å². The summed E-state index contributed by atoms with van der Waals surface area (Å²) in [5.41, 5.74) is 2.64. The van der Waals surface area contributed by atoms with Gasteiger partial charge < -0.3 is 10.7 Å². The predicted molar refractivity (Wildman–Crippen MR) is 64.1 cm³/mol. The summed E-state index contributed by atoms with van der Waals surface area (Å²) in [6, 6.07) is 0. The number of carbonyl (C=O) groups is 1. The van der Waals surface area contributed by atoms with E-state index >= 15 is 0 Å². The van der Waals surface area contributed by atoms with Crippen molar-refractivity contribution in [1.82, 2.24) is 15.3 Å². The van der Waals surface area contributed by atoms with Crippen LogP contribution in [0.1, 0.15) is 36.2 Å². The molecule has 92 valence electrons. The largest absolute Gasteiger partial charge is 0.351 e. The van der Waals surface area contributed by atoms with Gasteiger partial charge in [0.25, 0.3) is 5.91 Å². The van der Waals surface area contributed by atoms with E-state index in [2.05, 4.69) is 20.7 Å². The first-order valence-corrected chi connectivity index (χ1v) is 5.86. The van der Waals surface area contributed by atoms with Gasteiger partial charge in [0.1, 0.15) is 5.69 Å². The smallest absolute Gasteiger partial charge is 0.271 e. The second kappa shape index (κ2) is 5.58. The van der Waals surface area contributed by atoms with Crippen LogP contribution >= 0.6 is 0 Å². The van der Waals surface area contributed by atoms with Gasteiger partial charge >= 0.3 is 0 Å². The van der Waals surface area contributed by atoms with E-state index in [1.54, 1.807) is 0 Å². The number of hydrazine groups is 1. The van der Waals surface area contributed by atoms with E-state index < -0.39 is 0 Å². The Labute approximate surface area is 100.0 Å². The number of aromatic nitrogens is 2. The van der Waals surface area contributed by atoms with E-state index in [1.165, 1.54) is 31.7 Å². The van der Waals surface area contributed by atoms with Gasteiger partial charge in [0.05, 0.1) is 12.4 Å².